The van der Waals surface area contributed by atoms with E-state index in [2.05, 4.69) is 0 Å². The van der Waals surface area contributed by atoms with E-state index in [-0.39, 0.29) is 19.0 Å². The van der Waals surface area contributed by atoms with Crippen LogP contribution in [0.3, 0.4) is 0 Å². The Kier molecular flexibility index (Phi) is 3.71. The molecule has 0 amide bonds. The lowest BCUT2D eigenvalue weighted by molar-refractivity contribution is -0.174. The number of carbonyl (C=O) groups excluding carboxylic acids is 1. The number of ether oxygens (including phenoxy) is 2. The monoisotopic (exact) mass is 169 g/mol. The van der Waals surface area contributed by atoms with Crippen molar-refractivity contribution in [3.8, 4) is 6.07 Å². The number of rotatable bonds is 3. The van der Waals surface area contributed by atoms with Crippen molar-refractivity contribution in [3.05, 3.63) is 0 Å². The van der Waals surface area contributed by atoms with E-state index in [1.807, 2.05) is 6.07 Å². The molecule has 0 aromatic rings. The maximum absolute atomic E-state index is 10.2. The first-order valence-corrected chi connectivity index (χ1v) is 3.90. The molecule has 1 rings (SSSR count). The van der Waals surface area contributed by atoms with Crippen LogP contribution in [0.4, 0.5) is 0 Å². The molecule has 0 radical (unpaired) electrons. The van der Waals surface area contributed by atoms with E-state index < -0.39 is 0 Å². The van der Waals surface area contributed by atoms with Gasteiger partial charge in [0.05, 0.1) is 24.7 Å². The largest absolute Gasteiger partial charge is 0.352 e. The zero-order chi connectivity index (χ0) is 8.81. The van der Waals surface area contributed by atoms with Crippen LogP contribution in [0.15, 0.2) is 0 Å². The van der Waals surface area contributed by atoms with Gasteiger partial charge in [-0.3, -0.25) is 0 Å². The minimum atomic E-state index is -0.0614. The first kappa shape index (κ1) is 9.17. The van der Waals surface area contributed by atoms with Gasteiger partial charge < -0.3 is 14.3 Å². The standard InChI is InChI=1S/C8H11NO3/c9-3-1-7-5-8(2-4-10)12-6-11-7/h4,7-8H,1-2,5-6H2. The summed E-state index contributed by atoms with van der Waals surface area (Å²) >= 11 is 0. The summed E-state index contributed by atoms with van der Waals surface area (Å²) in [5, 5.41) is 8.39. The van der Waals surface area contributed by atoms with Crippen molar-refractivity contribution >= 4 is 6.29 Å². The van der Waals surface area contributed by atoms with Crippen molar-refractivity contribution in [1.82, 2.24) is 0 Å². The third-order valence-electron chi connectivity index (χ3n) is 1.81. The fourth-order valence-corrected chi connectivity index (χ4v) is 1.18. The molecule has 0 aromatic heterocycles. The van der Waals surface area contributed by atoms with Gasteiger partial charge in [0.1, 0.15) is 13.1 Å². The van der Waals surface area contributed by atoms with E-state index in [1.54, 1.807) is 0 Å². The molecular formula is C8H11NO3. The van der Waals surface area contributed by atoms with Gasteiger partial charge in [-0.15, -0.1) is 0 Å². The second kappa shape index (κ2) is 4.86. The minimum absolute atomic E-state index is 0.0606. The van der Waals surface area contributed by atoms with Crippen molar-refractivity contribution in [2.24, 2.45) is 0 Å². The molecule has 4 nitrogen and oxygen atoms in total. The second-order valence-corrected chi connectivity index (χ2v) is 2.70. The Balaban J connectivity index is 2.30. The molecule has 1 aliphatic heterocycles. The maximum atomic E-state index is 10.2. The predicted molar refractivity (Wildman–Crippen MR) is 40.1 cm³/mol. The van der Waals surface area contributed by atoms with Gasteiger partial charge in [0.25, 0.3) is 0 Å². The van der Waals surface area contributed by atoms with Gasteiger partial charge >= 0.3 is 0 Å². The van der Waals surface area contributed by atoms with Gasteiger partial charge in [-0.1, -0.05) is 0 Å². The molecule has 2 unspecified atom stereocenters. The van der Waals surface area contributed by atoms with Gasteiger partial charge in [-0.25, -0.2) is 0 Å². The Hall–Kier alpha value is -0.920. The Labute approximate surface area is 71.1 Å². The average Bonchev–Trinajstić information content (AvgIpc) is 2.06. The Bertz CT molecular complexity index is 187. The van der Waals surface area contributed by atoms with Crippen LogP contribution in [0.1, 0.15) is 19.3 Å². The van der Waals surface area contributed by atoms with E-state index in [9.17, 15) is 4.79 Å². The minimum Gasteiger partial charge on any atom is -0.352 e. The number of nitrogens with zero attached hydrogens (tertiary/aromatic N) is 1. The van der Waals surface area contributed by atoms with Gasteiger partial charge in [-0.05, 0) is 0 Å². The summed E-state index contributed by atoms with van der Waals surface area (Å²) in [6.07, 6.45) is 2.12. The number of aldehydes is 1. The van der Waals surface area contributed by atoms with Gasteiger partial charge in [0.15, 0.2) is 0 Å². The smallest absolute Gasteiger partial charge is 0.147 e. The molecule has 0 bridgehead atoms. The molecule has 1 heterocycles. The summed E-state index contributed by atoms with van der Waals surface area (Å²) in [5.74, 6) is 0. The number of nitriles is 1. The fraction of sp³-hybridized carbons (Fsp3) is 0.750. The first-order valence-electron chi connectivity index (χ1n) is 3.90. The normalized spacial score (nSPS) is 29.2. The van der Waals surface area contributed by atoms with Crippen LogP contribution in [0.25, 0.3) is 0 Å². The van der Waals surface area contributed by atoms with Crippen LogP contribution in [-0.4, -0.2) is 25.3 Å². The molecule has 0 N–H and O–H groups in total. The number of hydrogen-bond acceptors (Lipinski definition) is 4. The fourth-order valence-electron chi connectivity index (χ4n) is 1.18. The third-order valence-corrected chi connectivity index (χ3v) is 1.81. The second-order valence-electron chi connectivity index (χ2n) is 2.70. The number of carbonyl (C=O) groups is 1. The molecule has 12 heavy (non-hydrogen) atoms. The van der Waals surface area contributed by atoms with Crippen LogP contribution in [0.5, 0.6) is 0 Å². The lowest BCUT2D eigenvalue weighted by atomic mass is 10.1. The van der Waals surface area contributed by atoms with Crippen molar-refractivity contribution in [2.75, 3.05) is 6.79 Å². The third kappa shape index (κ3) is 2.61. The first-order chi connectivity index (χ1) is 5.86. The van der Waals surface area contributed by atoms with E-state index in [0.29, 0.717) is 19.3 Å². The summed E-state index contributed by atoms with van der Waals surface area (Å²) in [7, 11) is 0. The van der Waals surface area contributed by atoms with Gasteiger partial charge in [0.2, 0.25) is 0 Å². The number of hydrogen-bond donors (Lipinski definition) is 0. The van der Waals surface area contributed by atoms with E-state index >= 15 is 0 Å². The van der Waals surface area contributed by atoms with Crippen LogP contribution >= 0.6 is 0 Å². The summed E-state index contributed by atoms with van der Waals surface area (Å²) in [6, 6.07) is 2.03. The molecule has 0 spiro atoms. The van der Waals surface area contributed by atoms with E-state index in [1.165, 1.54) is 0 Å². The van der Waals surface area contributed by atoms with Gasteiger partial charge in [-0.2, -0.15) is 5.26 Å². The molecule has 0 aliphatic carbocycles. The highest BCUT2D eigenvalue weighted by molar-refractivity contribution is 5.50. The molecule has 2 atom stereocenters. The average molecular weight is 169 g/mol. The highest BCUT2D eigenvalue weighted by Gasteiger charge is 2.22. The molecule has 4 heteroatoms. The topological polar surface area (TPSA) is 59.3 Å². The van der Waals surface area contributed by atoms with Crippen LogP contribution < -0.4 is 0 Å². The Morgan fingerprint density at radius 3 is 2.92 bits per heavy atom. The van der Waals surface area contributed by atoms with Crippen LogP contribution in [0, 0.1) is 11.3 Å². The van der Waals surface area contributed by atoms with Crippen LogP contribution in [-0.2, 0) is 14.3 Å². The SMILES string of the molecule is N#CCC1CC(CC=O)OCO1. The zero-order valence-corrected chi connectivity index (χ0v) is 6.73. The lowest BCUT2D eigenvalue weighted by Crippen LogP contribution is -2.31. The Morgan fingerprint density at radius 2 is 2.25 bits per heavy atom. The van der Waals surface area contributed by atoms with Gasteiger partial charge in [0, 0.05) is 12.8 Å². The van der Waals surface area contributed by atoms with Crippen LogP contribution in [0.2, 0.25) is 0 Å². The summed E-state index contributed by atoms with van der Waals surface area (Å²) in [4.78, 5) is 10.2. The molecule has 0 saturated carbocycles. The highest BCUT2D eigenvalue weighted by atomic mass is 16.7. The van der Waals surface area contributed by atoms with E-state index in [0.717, 1.165) is 6.29 Å². The lowest BCUT2D eigenvalue weighted by Gasteiger charge is -2.27. The maximum Gasteiger partial charge on any atom is 0.147 e. The summed E-state index contributed by atoms with van der Waals surface area (Å²) < 4.78 is 10.3. The summed E-state index contributed by atoms with van der Waals surface area (Å²) in [5.41, 5.74) is 0. The molecule has 0 aromatic carbocycles. The predicted octanol–water partition coefficient (Wildman–Crippen LogP) is 0.621. The highest BCUT2D eigenvalue weighted by Crippen LogP contribution is 2.17. The van der Waals surface area contributed by atoms with Crippen molar-refractivity contribution < 1.29 is 14.3 Å². The van der Waals surface area contributed by atoms with Crippen molar-refractivity contribution in [3.63, 3.8) is 0 Å². The molecule has 66 valence electrons. The van der Waals surface area contributed by atoms with Crippen molar-refractivity contribution in [1.29, 1.82) is 5.26 Å². The Morgan fingerprint density at radius 1 is 1.50 bits per heavy atom. The quantitative estimate of drug-likeness (QED) is 0.581. The zero-order valence-electron chi connectivity index (χ0n) is 6.73. The van der Waals surface area contributed by atoms with Crippen molar-refractivity contribution in [2.45, 2.75) is 31.5 Å². The molecule has 1 fully saturated rings. The van der Waals surface area contributed by atoms with E-state index in [4.69, 9.17) is 14.7 Å². The molecule has 1 saturated heterocycles. The molecular weight excluding hydrogens is 158 g/mol. The summed E-state index contributed by atoms with van der Waals surface area (Å²) in [6.45, 7) is 0.199. The molecule has 1 aliphatic rings.